The Morgan fingerprint density at radius 3 is 1.93 bits per heavy atom. The zero-order valence-corrected chi connectivity index (χ0v) is 30.2. The Bertz CT molecular complexity index is 1640. The smallest absolute Gasteiger partial charge is 0.164 e. The summed E-state index contributed by atoms with van der Waals surface area (Å²) in [5.74, 6) is 0.286. The molecule has 1 aromatic heterocycles. The number of carbonyl (C=O) groups excluding carboxylic acids is 1. The van der Waals surface area contributed by atoms with Gasteiger partial charge in [-0.2, -0.15) is 0 Å². The van der Waals surface area contributed by atoms with Crippen LogP contribution in [-0.2, 0) is 50.6 Å². The number of pyridine rings is 1. The van der Waals surface area contributed by atoms with Crippen LogP contribution in [0.15, 0.2) is 84.6 Å². The van der Waals surface area contributed by atoms with E-state index in [1.165, 1.54) is 35.4 Å². The molecule has 0 fully saturated rings. The van der Waals surface area contributed by atoms with E-state index in [1.54, 1.807) is 11.1 Å². The number of fused-ring (bicyclic) bond motifs is 1. The van der Waals surface area contributed by atoms with Gasteiger partial charge in [0.2, 0.25) is 0 Å². The Hall–Kier alpha value is -3.07. The Labute approximate surface area is 283 Å². The molecular weight excluding hydrogens is 731 g/mol. The second kappa shape index (κ2) is 14.1. The molecule has 1 spiro atoms. The van der Waals surface area contributed by atoms with Crippen LogP contribution in [0.2, 0.25) is 0 Å². The number of rotatable bonds is 8. The summed E-state index contributed by atoms with van der Waals surface area (Å²) in [5.41, 5.74) is 8.98. The first-order valence-electron chi connectivity index (χ1n) is 16.5. The maximum atomic E-state index is 12.2. The predicted octanol–water partition coefficient (Wildman–Crippen LogP) is 10.2. The molecule has 0 saturated carbocycles. The molecule has 2 aliphatic rings. The summed E-state index contributed by atoms with van der Waals surface area (Å²) in [4.78, 5) is 17.2. The average molecular weight is 779 g/mol. The van der Waals surface area contributed by atoms with Crippen LogP contribution >= 0.6 is 0 Å². The first-order chi connectivity index (χ1) is 21.1. The van der Waals surface area contributed by atoms with Crippen molar-refractivity contribution in [3.8, 4) is 11.3 Å². The van der Waals surface area contributed by atoms with E-state index in [1.807, 2.05) is 53.7 Å². The number of benzene rings is 3. The van der Waals surface area contributed by atoms with Crippen LogP contribution in [0.4, 0.5) is 0 Å². The molecule has 1 heterocycles. The van der Waals surface area contributed by atoms with Gasteiger partial charge in [-0.15, -0.1) is 35.9 Å². The van der Waals surface area contributed by atoms with Gasteiger partial charge >= 0.3 is 0 Å². The Morgan fingerprint density at radius 2 is 1.36 bits per heavy atom. The molecule has 1 N–H and O–H groups in total. The van der Waals surface area contributed by atoms with Crippen molar-refractivity contribution in [1.29, 1.82) is 0 Å². The summed E-state index contributed by atoms with van der Waals surface area (Å²) in [6.07, 6.45) is 9.43. The number of ketones is 1. The van der Waals surface area contributed by atoms with Gasteiger partial charge in [-0.3, -0.25) is 9.78 Å². The monoisotopic (exact) mass is 779 g/mol. The van der Waals surface area contributed by atoms with E-state index in [2.05, 4.69) is 66.7 Å². The number of hydrogen-bond acceptors (Lipinski definition) is 3. The Balaban J connectivity index is 0.000000226. The van der Waals surface area contributed by atoms with Gasteiger partial charge in [-0.1, -0.05) is 84.0 Å². The quantitative estimate of drug-likeness (QED) is 0.110. The summed E-state index contributed by atoms with van der Waals surface area (Å²) >= 11 is 0. The van der Waals surface area contributed by atoms with Crippen molar-refractivity contribution >= 4 is 16.7 Å². The van der Waals surface area contributed by atoms with E-state index < -0.39 is 0 Å². The molecule has 4 heteroatoms. The minimum Gasteiger partial charge on any atom is -0.512 e. The third kappa shape index (κ3) is 7.03. The topological polar surface area (TPSA) is 50.2 Å². The van der Waals surface area contributed by atoms with E-state index in [-0.39, 0.29) is 42.5 Å². The molecule has 1 radical (unpaired) electrons. The van der Waals surface area contributed by atoms with Crippen molar-refractivity contribution < 1.29 is 30.0 Å². The van der Waals surface area contributed by atoms with Crippen molar-refractivity contribution in [2.75, 3.05) is 0 Å². The van der Waals surface area contributed by atoms with Crippen LogP contribution in [0.25, 0.3) is 22.2 Å². The predicted molar refractivity (Wildman–Crippen MR) is 183 cm³/mol. The molecule has 0 bridgehead atoms. The van der Waals surface area contributed by atoms with Gasteiger partial charge in [0, 0.05) is 42.4 Å². The van der Waals surface area contributed by atoms with E-state index in [4.69, 9.17) is 4.98 Å². The maximum Gasteiger partial charge on any atom is 0.164 e. The minimum absolute atomic E-state index is 0. The fourth-order valence-electron chi connectivity index (χ4n) is 7.00. The summed E-state index contributed by atoms with van der Waals surface area (Å²) in [7, 11) is 0. The van der Waals surface area contributed by atoms with Crippen molar-refractivity contribution in [1.82, 2.24) is 4.98 Å². The standard InChI is InChI=1S/C26H20N.C15H28O2.Ir/c1-2-7-18(8-3-1)24-13-22-17-26(14-19-9-4-5-10-20(19)15-26)16-21-11-6-12-23(27-24)25(21)22;1-7-14(5,8-2)12(16)11-13(17)15(6,9-3)10-4;/h1-7,9-13H,14-17H2;11,16H,7-10H2,1-6H3;/q-1;;/b;12-11-;. The number of aliphatic hydroxyl groups excluding tert-OH is 1. The van der Waals surface area contributed by atoms with Crippen LogP contribution in [0.3, 0.4) is 0 Å². The number of aliphatic hydroxyl groups is 1. The molecule has 0 saturated heterocycles. The van der Waals surface area contributed by atoms with Crippen molar-refractivity contribution in [3.63, 3.8) is 0 Å². The zero-order valence-electron chi connectivity index (χ0n) is 27.8. The van der Waals surface area contributed by atoms with E-state index >= 15 is 0 Å². The van der Waals surface area contributed by atoms with Gasteiger partial charge < -0.3 is 5.11 Å². The number of aromatic nitrogens is 1. The molecule has 0 amide bonds. The second-order valence-electron chi connectivity index (χ2n) is 13.7. The minimum atomic E-state index is -0.337. The molecule has 2 aliphatic carbocycles. The molecule has 6 rings (SSSR count). The van der Waals surface area contributed by atoms with Crippen molar-refractivity contribution in [2.45, 2.75) is 92.9 Å². The van der Waals surface area contributed by atoms with Gasteiger partial charge in [0.1, 0.15) is 5.76 Å². The molecule has 0 unspecified atom stereocenters. The normalized spacial score (nSPS) is 15.2. The SMILES string of the molecule is CCC(C)(CC)C(=O)/C=C(\O)C(C)(CC)CC.[Ir].[c-]1ccccc1-c1cc2c3c(cccc3n1)CC1(Cc3ccccc3C1)C2. The summed E-state index contributed by atoms with van der Waals surface area (Å²) < 4.78 is 0. The third-order valence-corrected chi connectivity index (χ3v) is 11.0. The van der Waals surface area contributed by atoms with Crippen LogP contribution in [0.5, 0.6) is 0 Å². The van der Waals surface area contributed by atoms with Gasteiger partial charge in [0.05, 0.1) is 5.52 Å². The van der Waals surface area contributed by atoms with E-state index in [0.717, 1.165) is 55.3 Å². The molecule has 0 atom stereocenters. The van der Waals surface area contributed by atoms with Crippen molar-refractivity contribution in [2.24, 2.45) is 16.2 Å². The van der Waals surface area contributed by atoms with E-state index in [9.17, 15) is 9.90 Å². The first kappa shape index (κ1) is 34.8. The third-order valence-electron chi connectivity index (χ3n) is 11.0. The molecule has 0 aliphatic heterocycles. The fraction of sp³-hybridized carbons (Fsp3) is 0.415. The molecule has 4 aromatic rings. The molecular formula is C41H48IrNO2-. The van der Waals surface area contributed by atoms with Crippen LogP contribution in [0, 0.1) is 22.3 Å². The Morgan fingerprint density at radius 1 is 0.800 bits per heavy atom. The number of hydrogen-bond donors (Lipinski definition) is 1. The zero-order chi connectivity index (χ0) is 31.5. The van der Waals surface area contributed by atoms with Gasteiger partial charge in [-0.05, 0) is 90.8 Å². The fourth-order valence-corrected chi connectivity index (χ4v) is 7.00. The van der Waals surface area contributed by atoms with Crippen LogP contribution in [-0.4, -0.2) is 15.9 Å². The summed E-state index contributed by atoms with van der Waals surface area (Å²) in [6.45, 7) is 12.1. The molecule has 45 heavy (non-hydrogen) atoms. The summed E-state index contributed by atoms with van der Waals surface area (Å²) in [5, 5.41) is 11.5. The van der Waals surface area contributed by atoms with Crippen molar-refractivity contribution in [3.05, 3.63) is 113 Å². The maximum absolute atomic E-state index is 12.2. The van der Waals surface area contributed by atoms with Crippen LogP contribution < -0.4 is 0 Å². The Kier molecular flexibility index (Phi) is 10.9. The first-order valence-corrected chi connectivity index (χ1v) is 16.5. The number of carbonyl (C=O) groups is 1. The largest absolute Gasteiger partial charge is 0.512 e. The summed E-state index contributed by atoms with van der Waals surface area (Å²) in [6, 6.07) is 29.5. The number of allylic oxidation sites excluding steroid dienone is 2. The number of nitrogens with zero attached hydrogens (tertiary/aromatic N) is 1. The average Bonchev–Trinajstić information content (AvgIpc) is 3.41. The van der Waals surface area contributed by atoms with Gasteiger partial charge in [-0.25, -0.2) is 0 Å². The van der Waals surface area contributed by atoms with Crippen LogP contribution in [0.1, 0.15) is 89.5 Å². The van der Waals surface area contributed by atoms with Gasteiger partial charge in [0.15, 0.2) is 5.78 Å². The molecule has 239 valence electrons. The molecule has 3 nitrogen and oxygen atoms in total. The molecule has 3 aromatic carbocycles. The van der Waals surface area contributed by atoms with Gasteiger partial charge in [0.25, 0.3) is 0 Å². The van der Waals surface area contributed by atoms with E-state index in [0.29, 0.717) is 5.41 Å². The second-order valence-corrected chi connectivity index (χ2v) is 13.7.